The fraction of sp³-hybridized carbons (Fsp3) is 0.737. The van der Waals surface area contributed by atoms with Crippen molar-refractivity contribution in [3.8, 4) is 0 Å². The van der Waals surface area contributed by atoms with Crippen LogP contribution in [0.5, 0.6) is 0 Å². The summed E-state index contributed by atoms with van der Waals surface area (Å²) in [6.45, 7) is 11.5. The Kier molecular flexibility index (Phi) is 7.48. The van der Waals surface area contributed by atoms with Crippen molar-refractivity contribution in [1.29, 1.82) is 0 Å². The molecule has 0 aromatic carbocycles. The van der Waals surface area contributed by atoms with E-state index in [1.807, 2.05) is 23.6 Å². The van der Waals surface area contributed by atoms with Gasteiger partial charge < -0.3 is 15.5 Å². The van der Waals surface area contributed by atoms with Crippen LogP contribution in [0, 0.1) is 13.8 Å². The van der Waals surface area contributed by atoms with Gasteiger partial charge in [0, 0.05) is 44.8 Å². The summed E-state index contributed by atoms with van der Waals surface area (Å²) in [5.74, 6) is 0.991. The monoisotopic (exact) mass is 362 g/mol. The second-order valence-electron chi connectivity index (χ2n) is 7.12. The Morgan fingerprint density at radius 1 is 1.31 bits per heavy atom. The molecule has 0 aliphatic carbocycles. The predicted molar refractivity (Wildman–Crippen MR) is 105 cm³/mol. The van der Waals surface area contributed by atoms with Crippen molar-refractivity contribution < 1.29 is 4.79 Å². The lowest BCUT2D eigenvalue weighted by Gasteiger charge is -2.18. The fourth-order valence-electron chi connectivity index (χ4n) is 3.41. The topological polar surface area (TPSA) is 74.6 Å². The van der Waals surface area contributed by atoms with Gasteiger partial charge in [0.15, 0.2) is 5.96 Å². The van der Waals surface area contributed by atoms with Crippen molar-refractivity contribution in [2.24, 2.45) is 12.0 Å². The molecule has 7 heteroatoms. The minimum Gasteiger partial charge on any atom is -0.357 e. The van der Waals surface area contributed by atoms with Crippen LogP contribution in [0.25, 0.3) is 0 Å². The standard InChI is InChI=1S/C19H34N6O/c1-6-20-19(21-10-9-18(26)25-11-7-8-12-25)22-14(2)13-17-15(3)23-24(5)16(17)4/h14H,6-13H2,1-5H3,(H2,20,21,22). The van der Waals surface area contributed by atoms with Crippen molar-refractivity contribution in [2.45, 2.75) is 59.4 Å². The number of aromatic nitrogens is 2. The van der Waals surface area contributed by atoms with Gasteiger partial charge in [-0.15, -0.1) is 0 Å². The molecule has 7 nitrogen and oxygen atoms in total. The Bertz CT molecular complexity index is 630. The average molecular weight is 363 g/mol. The SMILES string of the molecule is CCNC(=NCCC(=O)N1CCCC1)NC(C)Cc1c(C)nn(C)c1C. The molecule has 1 aromatic heterocycles. The summed E-state index contributed by atoms with van der Waals surface area (Å²) in [7, 11) is 1.98. The van der Waals surface area contributed by atoms with Crippen molar-refractivity contribution in [3.05, 3.63) is 17.0 Å². The van der Waals surface area contributed by atoms with Crippen LogP contribution in [0.1, 0.15) is 50.1 Å². The number of hydrogen-bond acceptors (Lipinski definition) is 3. The van der Waals surface area contributed by atoms with E-state index in [-0.39, 0.29) is 11.9 Å². The number of nitrogens with zero attached hydrogens (tertiary/aromatic N) is 4. The minimum absolute atomic E-state index is 0.219. The first kappa shape index (κ1) is 20.3. The number of guanidine groups is 1. The van der Waals surface area contributed by atoms with Gasteiger partial charge in [-0.2, -0.15) is 5.10 Å². The van der Waals surface area contributed by atoms with E-state index in [0.29, 0.717) is 13.0 Å². The Morgan fingerprint density at radius 3 is 2.58 bits per heavy atom. The highest BCUT2D eigenvalue weighted by Crippen LogP contribution is 2.14. The quantitative estimate of drug-likeness (QED) is 0.570. The summed E-state index contributed by atoms with van der Waals surface area (Å²) >= 11 is 0. The van der Waals surface area contributed by atoms with Gasteiger partial charge in [-0.1, -0.05) is 0 Å². The number of likely N-dealkylation sites (tertiary alicyclic amines) is 1. The van der Waals surface area contributed by atoms with Gasteiger partial charge in [0.25, 0.3) is 0 Å². The summed E-state index contributed by atoms with van der Waals surface area (Å²) < 4.78 is 1.93. The third-order valence-electron chi connectivity index (χ3n) is 4.95. The van der Waals surface area contributed by atoms with E-state index in [1.54, 1.807) is 0 Å². The van der Waals surface area contributed by atoms with Gasteiger partial charge >= 0.3 is 0 Å². The molecule has 1 aromatic rings. The molecule has 1 aliphatic rings. The van der Waals surface area contributed by atoms with E-state index in [2.05, 4.69) is 41.5 Å². The zero-order chi connectivity index (χ0) is 19.1. The van der Waals surface area contributed by atoms with Crippen molar-refractivity contribution in [3.63, 3.8) is 0 Å². The Balaban J connectivity index is 1.88. The van der Waals surface area contributed by atoms with E-state index in [9.17, 15) is 4.79 Å². The van der Waals surface area contributed by atoms with E-state index in [1.165, 1.54) is 11.3 Å². The van der Waals surface area contributed by atoms with E-state index in [4.69, 9.17) is 0 Å². The zero-order valence-corrected chi connectivity index (χ0v) is 16.9. The molecule has 2 heterocycles. The van der Waals surface area contributed by atoms with Gasteiger partial charge in [-0.3, -0.25) is 14.5 Å². The van der Waals surface area contributed by atoms with Crippen LogP contribution in [0.4, 0.5) is 0 Å². The summed E-state index contributed by atoms with van der Waals surface area (Å²) in [6, 6.07) is 0.226. The molecular weight excluding hydrogens is 328 g/mol. The second kappa shape index (κ2) is 9.59. The third-order valence-corrected chi connectivity index (χ3v) is 4.95. The molecule has 0 saturated carbocycles. The lowest BCUT2D eigenvalue weighted by molar-refractivity contribution is -0.129. The van der Waals surface area contributed by atoms with E-state index in [0.717, 1.165) is 50.6 Å². The summed E-state index contributed by atoms with van der Waals surface area (Å²) in [5, 5.41) is 11.2. The van der Waals surface area contributed by atoms with Crippen LogP contribution in [-0.2, 0) is 18.3 Å². The normalized spacial score (nSPS) is 16.0. The number of aryl methyl sites for hydroxylation is 2. The van der Waals surface area contributed by atoms with Crippen LogP contribution in [0.15, 0.2) is 4.99 Å². The number of amides is 1. The largest absolute Gasteiger partial charge is 0.357 e. The molecule has 0 radical (unpaired) electrons. The molecule has 1 unspecified atom stereocenters. The highest BCUT2D eigenvalue weighted by molar-refractivity contribution is 5.81. The molecule has 2 N–H and O–H groups in total. The maximum atomic E-state index is 12.1. The molecule has 0 bridgehead atoms. The van der Waals surface area contributed by atoms with Gasteiger partial charge in [0.05, 0.1) is 12.2 Å². The highest BCUT2D eigenvalue weighted by atomic mass is 16.2. The molecular formula is C19H34N6O. The second-order valence-corrected chi connectivity index (χ2v) is 7.12. The summed E-state index contributed by atoms with van der Waals surface area (Å²) in [4.78, 5) is 18.7. The Morgan fingerprint density at radius 2 is 2.00 bits per heavy atom. The lowest BCUT2D eigenvalue weighted by Crippen LogP contribution is -2.43. The lowest BCUT2D eigenvalue weighted by atomic mass is 10.1. The van der Waals surface area contributed by atoms with Gasteiger partial charge in [-0.25, -0.2) is 0 Å². The average Bonchev–Trinajstić information content (AvgIpc) is 3.20. The van der Waals surface area contributed by atoms with Crippen molar-refractivity contribution >= 4 is 11.9 Å². The smallest absolute Gasteiger partial charge is 0.224 e. The Labute approximate surface area is 157 Å². The number of carbonyl (C=O) groups excluding carboxylic acids is 1. The molecule has 1 saturated heterocycles. The van der Waals surface area contributed by atoms with Crippen molar-refractivity contribution in [2.75, 3.05) is 26.2 Å². The summed E-state index contributed by atoms with van der Waals surface area (Å²) in [6.07, 6.45) is 3.63. The maximum Gasteiger partial charge on any atom is 0.224 e. The first-order valence-electron chi connectivity index (χ1n) is 9.74. The molecule has 26 heavy (non-hydrogen) atoms. The third kappa shape index (κ3) is 5.47. The summed E-state index contributed by atoms with van der Waals surface area (Å²) in [5.41, 5.74) is 3.57. The Hall–Kier alpha value is -2.05. The highest BCUT2D eigenvalue weighted by Gasteiger charge is 2.17. The number of aliphatic imine (C=N–C) groups is 1. The molecule has 1 atom stereocenters. The van der Waals surface area contributed by atoms with E-state index < -0.39 is 0 Å². The van der Waals surface area contributed by atoms with Crippen LogP contribution in [0.2, 0.25) is 0 Å². The first-order chi connectivity index (χ1) is 12.4. The van der Waals surface area contributed by atoms with Crippen molar-refractivity contribution in [1.82, 2.24) is 25.3 Å². The van der Waals surface area contributed by atoms with E-state index >= 15 is 0 Å². The minimum atomic E-state index is 0.219. The van der Waals surface area contributed by atoms with Gasteiger partial charge in [0.2, 0.25) is 5.91 Å². The molecule has 146 valence electrons. The first-order valence-corrected chi connectivity index (χ1v) is 9.74. The van der Waals surface area contributed by atoms with Crippen LogP contribution >= 0.6 is 0 Å². The van der Waals surface area contributed by atoms with Gasteiger partial charge in [-0.05, 0) is 52.5 Å². The fourth-order valence-corrected chi connectivity index (χ4v) is 3.41. The van der Waals surface area contributed by atoms with Crippen LogP contribution in [0.3, 0.4) is 0 Å². The molecule has 1 amide bonds. The van der Waals surface area contributed by atoms with Crippen LogP contribution < -0.4 is 10.6 Å². The number of carbonyl (C=O) groups is 1. The number of nitrogens with one attached hydrogen (secondary N) is 2. The van der Waals surface area contributed by atoms with Gasteiger partial charge in [0.1, 0.15) is 0 Å². The number of hydrogen-bond donors (Lipinski definition) is 2. The number of rotatable bonds is 7. The molecule has 0 spiro atoms. The zero-order valence-electron chi connectivity index (χ0n) is 16.9. The van der Waals surface area contributed by atoms with Crippen LogP contribution in [-0.4, -0.2) is 58.8 Å². The molecule has 1 fully saturated rings. The molecule has 1 aliphatic heterocycles. The maximum absolute atomic E-state index is 12.1. The predicted octanol–water partition coefficient (Wildman–Crippen LogP) is 1.54. The molecule has 2 rings (SSSR count).